The molecule has 0 bridgehead atoms. The maximum absolute atomic E-state index is 13.1. The van der Waals surface area contributed by atoms with Crippen LogP contribution in [0, 0.1) is 0 Å². The van der Waals surface area contributed by atoms with Gasteiger partial charge in [-0.05, 0) is 59.7 Å². The van der Waals surface area contributed by atoms with Crippen LogP contribution in [-0.2, 0) is 11.0 Å². The van der Waals surface area contributed by atoms with Crippen LogP contribution in [0.3, 0.4) is 0 Å². The molecule has 1 aliphatic rings. The first-order valence-electron chi connectivity index (χ1n) is 8.33. The number of benzene rings is 1. The largest absolute Gasteiger partial charge is 0.416 e. The topological polar surface area (TPSA) is 35.6 Å². The van der Waals surface area contributed by atoms with E-state index in [2.05, 4.69) is 5.32 Å². The van der Waals surface area contributed by atoms with Gasteiger partial charge in [-0.3, -0.25) is 9.69 Å². The van der Waals surface area contributed by atoms with Crippen molar-refractivity contribution in [1.82, 2.24) is 10.2 Å². The quantitative estimate of drug-likeness (QED) is 0.731. The Kier molecular flexibility index (Phi) is 5.49. The lowest BCUT2D eigenvalue weighted by Crippen LogP contribution is -2.49. The summed E-state index contributed by atoms with van der Waals surface area (Å²) in [6, 6.07) is 6.32. The van der Waals surface area contributed by atoms with Crippen molar-refractivity contribution in [2.75, 3.05) is 19.0 Å². The molecule has 28 heavy (non-hydrogen) atoms. The van der Waals surface area contributed by atoms with Crippen LogP contribution in [0.4, 0.5) is 18.9 Å². The number of amides is 1. The standard InChI is InChI=1S/C19H18F3N3OS2/c1-11-15(17(26)24(2)3)16(12-7-8-28-10-12)23-18(27)25(11)14-6-4-5-13(9-14)19(20,21)22/h4-10,16H,1-3H3,(H,23,27). The van der Waals surface area contributed by atoms with E-state index in [-0.39, 0.29) is 16.7 Å². The number of alkyl halides is 3. The smallest absolute Gasteiger partial charge is 0.351 e. The highest BCUT2D eigenvalue weighted by molar-refractivity contribution is 7.80. The molecule has 0 saturated carbocycles. The van der Waals surface area contributed by atoms with E-state index in [1.165, 1.54) is 33.3 Å². The van der Waals surface area contributed by atoms with Crippen LogP contribution in [0.25, 0.3) is 0 Å². The minimum absolute atomic E-state index is 0.235. The molecule has 1 atom stereocenters. The van der Waals surface area contributed by atoms with Crippen LogP contribution in [0.2, 0.25) is 0 Å². The van der Waals surface area contributed by atoms with Crippen LogP contribution < -0.4 is 10.2 Å². The second kappa shape index (κ2) is 7.56. The van der Waals surface area contributed by atoms with Gasteiger partial charge in [0.25, 0.3) is 5.91 Å². The molecule has 1 aromatic heterocycles. The summed E-state index contributed by atoms with van der Waals surface area (Å²) in [4.78, 5) is 15.8. The Hall–Kier alpha value is -2.39. The molecule has 1 N–H and O–H groups in total. The highest BCUT2D eigenvalue weighted by Gasteiger charge is 2.36. The lowest BCUT2D eigenvalue weighted by atomic mass is 9.95. The lowest BCUT2D eigenvalue weighted by Gasteiger charge is -2.38. The minimum Gasteiger partial charge on any atom is -0.351 e. The third-order valence-electron chi connectivity index (χ3n) is 4.43. The molecule has 0 fully saturated rings. The van der Waals surface area contributed by atoms with Gasteiger partial charge in [0.2, 0.25) is 0 Å². The zero-order valence-electron chi connectivity index (χ0n) is 15.4. The van der Waals surface area contributed by atoms with E-state index in [0.717, 1.165) is 17.7 Å². The monoisotopic (exact) mass is 425 g/mol. The van der Waals surface area contributed by atoms with Crippen molar-refractivity contribution in [3.8, 4) is 0 Å². The highest BCUT2D eigenvalue weighted by Crippen LogP contribution is 2.37. The van der Waals surface area contributed by atoms with Gasteiger partial charge in [-0.15, -0.1) is 0 Å². The summed E-state index contributed by atoms with van der Waals surface area (Å²) in [5.41, 5.74) is 1.28. The second-order valence-corrected chi connectivity index (χ2v) is 7.69. The number of thiocarbonyl (C=S) groups is 1. The number of allylic oxidation sites excluding steroid dienone is 1. The number of hydrogen-bond donors (Lipinski definition) is 1. The molecular weight excluding hydrogens is 407 g/mol. The molecule has 0 radical (unpaired) electrons. The first kappa shape index (κ1) is 20.3. The summed E-state index contributed by atoms with van der Waals surface area (Å²) >= 11 is 6.95. The number of rotatable bonds is 3. The van der Waals surface area contributed by atoms with Crippen molar-refractivity contribution in [2.24, 2.45) is 0 Å². The van der Waals surface area contributed by atoms with Gasteiger partial charge in [0.1, 0.15) is 0 Å². The van der Waals surface area contributed by atoms with E-state index in [9.17, 15) is 18.0 Å². The summed E-state index contributed by atoms with van der Waals surface area (Å²) in [6.07, 6.45) is -4.47. The number of anilines is 1. The third kappa shape index (κ3) is 3.77. The van der Waals surface area contributed by atoms with Crippen LogP contribution >= 0.6 is 23.6 Å². The van der Waals surface area contributed by atoms with Gasteiger partial charge >= 0.3 is 6.18 Å². The van der Waals surface area contributed by atoms with Crippen molar-refractivity contribution < 1.29 is 18.0 Å². The van der Waals surface area contributed by atoms with Crippen LogP contribution in [0.1, 0.15) is 24.1 Å². The Morgan fingerprint density at radius 1 is 1.29 bits per heavy atom. The van der Waals surface area contributed by atoms with Gasteiger partial charge in [0, 0.05) is 25.5 Å². The number of thiophene rings is 1. The first-order valence-corrected chi connectivity index (χ1v) is 9.68. The summed E-state index contributed by atoms with van der Waals surface area (Å²) < 4.78 is 39.4. The second-order valence-electron chi connectivity index (χ2n) is 6.52. The van der Waals surface area contributed by atoms with Crippen molar-refractivity contribution in [3.05, 3.63) is 63.5 Å². The van der Waals surface area contributed by atoms with Gasteiger partial charge < -0.3 is 10.2 Å². The number of carbonyl (C=O) groups excluding carboxylic acids is 1. The van der Waals surface area contributed by atoms with Crippen molar-refractivity contribution >= 4 is 40.3 Å². The summed E-state index contributed by atoms with van der Waals surface area (Å²) in [5, 5.41) is 7.17. The van der Waals surface area contributed by atoms with Gasteiger partial charge in [0.05, 0.1) is 17.2 Å². The fourth-order valence-corrected chi connectivity index (χ4v) is 4.13. The third-order valence-corrected chi connectivity index (χ3v) is 5.43. The van der Waals surface area contributed by atoms with Gasteiger partial charge in [-0.1, -0.05) is 6.07 Å². The SMILES string of the molecule is CC1=C(C(=O)N(C)C)C(c2ccsc2)NC(=S)N1c1cccc(C(F)(F)F)c1. The molecule has 1 amide bonds. The van der Waals surface area contributed by atoms with E-state index in [1.54, 1.807) is 21.0 Å². The maximum atomic E-state index is 13.1. The van der Waals surface area contributed by atoms with Crippen LogP contribution in [0.15, 0.2) is 52.4 Å². The highest BCUT2D eigenvalue weighted by atomic mass is 32.1. The maximum Gasteiger partial charge on any atom is 0.416 e. The average Bonchev–Trinajstić information content (AvgIpc) is 3.14. The molecule has 4 nitrogen and oxygen atoms in total. The van der Waals surface area contributed by atoms with Gasteiger partial charge in [-0.25, -0.2) is 0 Å². The number of halogens is 3. The summed E-state index contributed by atoms with van der Waals surface area (Å²) in [7, 11) is 3.27. The predicted molar refractivity (Wildman–Crippen MR) is 108 cm³/mol. The van der Waals surface area contributed by atoms with Gasteiger partial charge in [0.15, 0.2) is 5.11 Å². The Bertz CT molecular complexity index is 936. The molecule has 148 valence electrons. The normalized spacial score (nSPS) is 17.6. The first-order chi connectivity index (χ1) is 13.1. The van der Waals surface area contributed by atoms with E-state index < -0.39 is 17.8 Å². The minimum atomic E-state index is -4.47. The Morgan fingerprint density at radius 3 is 2.57 bits per heavy atom. The molecule has 0 spiro atoms. The van der Waals surface area contributed by atoms with Crippen LogP contribution in [0.5, 0.6) is 0 Å². The summed E-state index contributed by atoms with van der Waals surface area (Å²) in [6.45, 7) is 1.70. The predicted octanol–water partition coefficient (Wildman–Crippen LogP) is 4.56. The molecule has 3 rings (SSSR count). The Morgan fingerprint density at radius 2 is 2.00 bits per heavy atom. The van der Waals surface area contributed by atoms with Gasteiger partial charge in [-0.2, -0.15) is 24.5 Å². The molecule has 1 aliphatic heterocycles. The van der Waals surface area contributed by atoms with E-state index >= 15 is 0 Å². The zero-order valence-corrected chi connectivity index (χ0v) is 17.0. The fourth-order valence-electron chi connectivity index (χ4n) is 3.08. The Labute approximate surface area is 170 Å². The zero-order chi connectivity index (χ0) is 20.6. The molecular formula is C19H18F3N3OS2. The molecule has 1 aromatic carbocycles. The van der Waals surface area contributed by atoms with Crippen LogP contribution in [-0.4, -0.2) is 30.0 Å². The van der Waals surface area contributed by atoms with Crippen molar-refractivity contribution in [1.29, 1.82) is 0 Å². The molecule has 2 aromatic rings. The number of likely N-dealkylation sites (N-methyl/N-ethyl adjacent to an activating group) is 1. The number of nitrogens with zero attached hydrogens (tertiary/aromatic N) is 2. The molecule has 1 unspecified atom stereocenters. The number of hydrogen-bond acceptors (Lipinski definition) is 3. The number of nitrogens with one attached hydrogen (secondary N) is 1. The molecule has 9 heteroatoms. The van der Waals surface area contributed by atoms with Crippen molar-refractivity contribution in [3.63, 3.8) is 0 Å². The van der Waals surface area contributed by atoms with E-state index in [1.807, 2.05) is 16.8 Å². The molecule has 0 saturated heterocycles. The molecule has 0 aliphatic carbocycles. The summed E-state index contributed by atoms with van der Waals surface area (Å²) in [5.74, 6) is -0.235. The van der Waals surface area contributed by atoms with E-state index in [4.69, 9.17) is 12.2 Å². The van der Waals surface area contributed by atoms with Crippen molar-refractivity contribution in [2.45, 2.75) is 19.1 Å². The average molecular weight is 426 g/mol. The van der Waals surface area contributed by atoms with E-state index in [0.29, 0.717) is 11.3 Å². The Balaban J connectivity index is 2.15. The molecule has 2 heterocycles. The lowest BCUT2D eigenvalue weighted by molar-refractivity contribution is -0.137. The number of carbonyl (C=O) groups is 1. The fraction of sp³-hybridized carbons (Fsp3) is 0.263.